The van der Waals surface area contributed by atoms with E-state index in [0.29, 0.717) is 11.4 Å². The van der Waals surface area contributed by atoms with Crippen molar-refractivity contribution in [3.8, 4) is 0 Å². The third-order valence-corrected chi connectivity index (χ3v) is 3.57. The Morgan fingerprint density at radius 3 is 2.53 bits per heavy atom. The summed E-state index contributed by atoms with van der Waals surface area (Å²) in [7, 11) is 0. The van der Waals surface area contributed by atoms with E-state index in [9.17, 15) is 9.59 Å². The highest BCUT2D eigenvalue weighted by atomic mass is 16.4. The molecular formula is C13H15N3O3. The van der Waals surface area contributed by atoms with Gasteiger partial charge in [-0.1, -0.05) is 0 Å². The average Bonchev–Trinajstić information content (AvgIpc) is 3.24. The number of carbonyl (C=O) groups is 2. The van der Waals surface area contributed by atoms with Gasteiger partial charge in [-0.05, 0) is 37.8 Å². The molecule has 100 valence electrons. The number of amides is 2. The van der Waals surface area contributed by atoms with Gasteiger partial charge >= 0.3 is 6.09 Å². The van der Waals surface area contributed by atoms with Gasteiger partial charge in [-0.25, -0.2) is 4.79 Å². The Morgan fingerprint density at radius 2 is 2.05 bits per heavy atom. The number of carbonyl (C=O) groups excluding carboxylic acids is 1. The van der Waals surface area contributed by atoms with Crippen LogP contribution >= 0.6 is 0 Å². The van der Waals surface area contributed by atoms with Gasteiger partial charge in [0.25, 0.3) is 0 Å². The minimum Gasteiger partial charge on any atom is -0.465 e. The van der Waals surface area contributed by atoms with Crippen LogP contribution in [0.15, 0.2) is 18.3 Å². The van der Waals surface area contributed by atoms with Crippen LogP contribution < -0.4 is 10.6 Å². The van der Waals surface area contributed by atoms with Gasteiger partial charge in [-0.2, -0.15) is 0 Å². The third-order valence-electron chi connectivity index (χ3n) is 3.57. The fourth-order valence-electron chi connectivity index (χ4n) is 2.12. The molecule has 6 nitrogen and oxygen atoms in total. The molecule has 0 aromatic carbocycles. The molecule has 2 aliphatic carbocycles. The Balaban J connectivity index is 1.68. The van der Waals surface area contributed by atoms with Gasteiger partial charge in [0, 0.05) is 5.92 Å². The maximum Gasteiger partial charge on any atom is 0.405 e. The Bertz CT molecular complexity index is 518. The second-order valence-electron chi connectivity index (χ2n) is 5.21. The minimum absolute atomic E-state index is 0.0411. The zero-order chi connectivity index (χ0) is 13.5. The molecule has 2 amide bonds. The lowest BCUT2D eigenvalue weighted by Gasteiger charge is -2.14. The van der Waals surface area contributed by atoms with Crippen molar-refractivity contribution in [3.05, 3.63) is 24.0 Å². The highest BCUT2D eigenvalue weighted by Gasteiger charge is 2.47. The summed E-state index contributed by atoms with van der Waals surface area (Å²) in [5.74, 6) is 0.197. The van der Waals surface area contributed by atoms with E-state index in [1.165, 1.54) is 0 Å². The van der Waals surface area contributed by atoms with E-state index in [-0.39, 0.29) is 11.8 Å². The summed E-state index contributed by atoms with van der Waals surface area (Å²) in [4.78, 5) is 26.6. The molecule has 0 spiro atoms. The van der Waals surface area contributed by atoms with Crippen molar-refractivity contribution in [1.82, 2.24) is 10.3 Å². The minimum atomic E-state index is -1.04. The molecule has 2 aliphatic rings. The molecule has 0 saturated heterocycles. The second-order valence-corrected chi connectivity index (χ2v) is 5.21. The smallest absolute Gasteiger partial charge is 0.405 e. The van der Waals surface area contributed by atoms with E-state index in [2.05, 4.69) is 15.6 Å². The van der Waals surface area contributed by atoms with Crippen LogP contribution in [0.3, 0.4) is 0 Å². The Kier molecular flexibility index (Phi) is 2.66. The molecule has 2 saturated carbocycles. The van der Waals surface area contributed by atoms with Crippen molar-refractivity contribution in [2.75, 3.05) is 5.32 Å². The maximum absolute atomic E-state index is 11.6. The van der Waals surface area contributed by atoms with Gasteiger partial charge < -0.3 is 15.7 Å². The fourth-order valence-corrected chi connectivity index (χ4v) is 2.12. The van der Waals surface area contributed by atoms with Crippen LogP contribution in [-0.2, 0) is 10.3 Å². The highest BCUT2D eigenvalue weighted by Crippen LogP contribution is 2.44. The second kappa shape index (κ2) is 4.22. The summed E-state index contributed by atoms with van der Waals surface area (Å²) >= 11 is 0. The largest absolute Gasteiger partial charge is 0.465 e. The van der Waals surface area contributed by atoms with Crippen molar-refractivity contribution >= 4 is 17.7 Å². The third kappa shape index (κ3) is 2.52. The first-order valence-corrected chi connectivity index (χ1v) is 6.38. The number of nitrogens with zero attached hydrogens (tertiary/aromatic N) is 1. The van der Waals surface area contributed by atoms with Gasteiger partial charge in [0.2, 0.25) is 5.91 Å². The van der Waals surface area contributed by atoms with Crippen LogP contribution in [0, 0.1) is 5.92 Å². The molecule has 2 fully saturated rings. The normalized spacial score (nSPS) is 19.6. The predicted octanol–water partition coefficient (Wildman–Crippen LogP) is 1.69. The molecule has 0 aliphatic heterocycles. The van der Waals surface area contributed by atoms with Gasteiger partial charge in [-0.3, -0.25) is 9.78 Å². The predicted molar refractivity (Wildman–Crippen MR) is 67.7 cm³/mol. The molecule has 0 unspecified atom stereocenters. The number of carboxylic acid groups (broad SMARTS) is 1. The molecule has 0 radical (unpaired) electrons. The van der Waals surface area contributed by atoms with Crippen LogP contribution in [0.25, 0.3) is 0 Å². The Labute approximate surface area is 110 Å². The number of hydrogen-bond acceptors (Lipinski definition) is 3. The van der Waals surface area contributed by atoms with E-state index < -0.39 is 11.6 Å². The molecule has 19 heavy (non-hydrogen) atoms. The summed E-state index contributed by atoms with van der Waals surface area (Å²) in [6, 6.07) is 3.54. The number of hydrogen-bond donors (Lipinski definition) is 3. The summed E-state index contributed by atoms with van der Waals surface area (Å²) < 4.78 is 0. The lowest BCUT2D eigenvalue weighted by Crippen LogP contribution is -2.34. The standard InChI is InChI=1S/C13H15N3O3/c17-11(8-1-2-8)15-9-3-4-10(14-7-9)13(5-6-13)16-12(18)19/h3-4,7-8,16H,1-2,5-6H2,(H,15,17)(H,18,19). The lowest BCUT2D eigenvalue weighted by molar-refractivity contribution is -0.117. The number of nitrogens with one attached hydrogen (secondary N) is 2. The summed E-state index contributed by atoms with van der Waals surface area (Å²) in [5.41, 5.74) is 0.844. The average molecular weight is 261 g/mol. The summed E-state index contributed by atoms with van der Waals surface area (Å²) in [6.45, 7) is 0. The molecular weight excluding hydrogens is 246 g/mol. The number of pyridine rings is 1. The van der Waals surface area contributed by atoms with Gasteiger partial charge in [0.15, 0.2) is 0 Å². The lowest BCUT2D eigenvalue weighted by atomic mass is 10.1. The molecule has 1 aromatic heterocycles. The van der Waals surface area contributed by atoms with Crippen LogP contribution in [0.2, 0.25) is 0 Å². The number of rotatable bonds is 4. The number of aromatic nitrogens is 1. The first-order valence-electron chi connectivity index (χ1n) is 6.38. The molecule has 3 rings (SSSR count). The van der Waals surface area contributed by atoms with Gasteiger partial charge in [0.1, 0.15) is 0 Å². The maximum atomic E-state index is 11.6. The Hall–Kier alpha value is -2.11. The van der Waals surface area contributed by atoms with Gasteiger partial charge in [-0.15, -0.1) is 0 Å². The molecule has 3 N–H and O–H groups in total. The van der Waals surface area contributed by atoms with Gasteiger partial charge in [0.05, 0.1) is 23.1 Å². The molecule has 1 aromatic rings. The van der Waals surface area contributed by atoms with Crippen molar-refractivity contribution in [1.29, 1.82) is 0 Å². The first-order chi connectivity index (χ1) is 9.09. The van der Waals surface area contributed by atoms with Crippen molar-refractivity contribution in [2.45, 2.75) is 31.2 Å². The molecule has 0 atom stereocenters. The number of anilines is 1. The van der Waals surface area contributed by atoms with Crippen molar-refractivity contribution < 1.29 is 14.7 Å². The highest BCUT2D eigenvalue weighted by molar-refractivity contribution is 5.93. The molecule has 1 heterocycles. The van der Waals surface area contributed by atoms with Crippen molar-refractivity contribution in [2.24, 2.45) is 5.92 Å². The summed E-state index contributed by atoms with van der Waals surface area (Å²) in [5, 5.41) is 14.1. The molecule has 6 heteroatoms. The quantitative estimate of drug-likeness (QED) is 0.769. The SMILES string of the molecule is O=C(O)NC1(c2ccc(NC(=O)C3CC3)cn2)CC1. The van der Waals surface area contributed by atoms with E-state index in [1.807, 2.05) is 0 Å². The van der Waals surface area contributed by atoms with Crippen LogP contribution in [-0.4, -0.2) is 22.1 Å². The van der Waals surface area contributed by atoms with Crippen LogP contribution in [0.4, 0.5) is 10.5 Å². The van der Waals surface area contributed by atoms with E-state index >= 15 is 0 Å². The topological polar surface area (TPSA) is 91.3 Å². The first kappa shape index (κ1) is 12.0. The van der Waals surface area contributed by atoms with Crippen LogP contribution in [0.1, 0.15) is 31.4 Å². The zero-order valence-electron chi connectivity index (χ0n) is 10.3. The molecule has 0 bridgehead atoms. The van der Waals surface area contributed by atoms with Crippen LogP contribution in [0.5, 0.6) is 0 Å². The van der Waals surface area contributed by atoms with E-state index in [0.717, 1.165) is 25.7 Å². The fraction of sp³-hybridized carbons (Fsp3) is 0.462. The van der Waals surface area contributed by atoms with E-state index in [4.69, 9.17) is 5.11 Å². The zero-order valence-corrected chi connectivity index (χ0v) is 10.3. The Morgan fingerprint density at radius 1 is 1.32 bits per heavy atom. The summed E-state index contributed by atoms with van der Waals surface area (Å²) in [6.07, 6.45) is 4.00. The monoisotopic (exact) mass is 261 g/mol. The van der Waals surface area contributed by atoms with Crippen molar-refractivity contribution in [3.63, 3.8) is 0 Å². The van der Waals surface area contributed by atoms with E-state index in [1.54, 1.807) is 18.3 Å².